The van der Waals surface area contributed by atoms with Gasteiger partial charge in [-0.15, -0.1) is 16.4 Å². The second-order valence-corrected chi connectivity index (χ2v) is 7.35. The fourth-order valence-corrected chi connectivity index (χ4v) is 4.27. The zero-order chi connectivity index (χ0) is 21.3. The van der Waals surface area contributed by atoms with Crippen molar-refractivity contribution >= 4 is 11.3 Å². The average molecular weight is 424 g/mol. The molecule has 0 saturated heterocycles. The smallest absolute Gasteiger partial charge is 0.244 e. The molecule has 0 aliphatic carbocycles. The minimum Gasteiger partial charge on any atom is -0.493 e. The molecular weight excluding hydrogens is 404 g/mol. The van der Waals surface area contributed by atoms with E-state index >= 15 is 0 Å². The predicted molar refractivity (Wildman–Crippen MR) is 112 cm³/mol. The molecule has 30 heavy (non-hydrogen) atoms. The summed E-state index contributed by atoms with van der Waals surface area (Å²) >= 11 is 1.56. The molecule has 1 aromatic carbocycles. The van der Waals surface area contributed by atoms with E-state index in [1.807, 2.05) is 36.6 Å². The molecule has 1 aliphatic heterocycles. The molecule has 0 spiro atoms. The van der Waals surface area contributed by atoms with Gasteiger partial charge in [0.1, 0.15) is 11.6 Å². The zero-order valence-corrected chi connectivity index (χ0v) is 17.5. The Morgan fingerprint density at radius 3 is 2.60 bits per heavy atom. The summed E-state index contributed by atoms with van der Waals surface area (Å²) in [6.07, 6.45) is 0. The normalized spacial score (nSPS) is 15.2. The van der Waals surface area contributed by atoms with Crippen molar-refractivity contribution in [1.29, 1.82) is 5.26 Å². The molecule has 1 atom stereocenters. The number of allylic oxidation sites excluding steroid dienone is 1. The number of nitrogens with one attached hydrogen (secondary N) is 1. The molecular formula is C21H20N4O4S. The van der Waals surface area contributed by atoms with Crippen molar-refractivity contribution in [1.82, 2.24) is 10.2 Å². The number of ether oxygens (including phenoxy) is 4. The van der Waals surface area contributed by atoms with Gasteiger partial charge in [-0.2, -0.15) is 5.26 Å². The quantitative estimate of drug-likeness (QED) is 0.619. The standard InChI is InChI=1S/C21H20N4O4S/c1-4-28-19-13(26-2)8-11(9-14(19)27-3)16-12(10-22)20(23)29-21-17(16)18(24-25-21)15-6-5-7-30-15/h5-9,16H,4,23H2,1-3H3,(H,24,25)/t16-/m0/s1. The number of aromatic amines is 1. The average Bonchev–Trinajstić information content (AvgIpc) is 3.42. The first-order chi connectivity index (χ1) is 14.6. The Hall–Kier alpha value is -3.64. The summed E-state index contributed by atoms with van der Waals surface area (Å²) in [6.45, 7) is 2.33. The highest BCUT2D eigenvalue weighted by Crippen LogP contribution is 2.49. The third-order valence-corrected chi connectivity index (χ3v) is 5.70. The van der Waals surface area contributed by atoms with E-state index in [0.29, 0.717) is 29.7 Å². The van der Waals surface area contributed by atoms with E-state index in [9.17, 15) is 5.26 Å². The highest BCUT2D eigenvalue weighted by Gasteiger charge is 2.37. The van der Waals surface area contributed by atoms with Crippen LogP contribution >= 0.6 is 11.3 Å². The van der Waals surface area contributed by atoms with Crippen LogP contribution in [0.25, 0.3) is 10.6 Å². The van der Waals surface area contributed by atoms with Crippen molar-refractivity contribution in [2.75, 3.05) is 20.8 Å². The molecule has 3 aromatic rings. The van der Waals surface area contributed by atoms with E-state index in [0.717, 1.165) is 21.7 Å². The molecule has 0 bridgehead atoms. The van der Waals surface area contributed by atoms with Crippen LogP contribution in [0.4, 0.5) is 0 Å². The number of fused-ring (bicyclic) bond motifs is 1. The van der Waals surface area contributed by atoms with Gasteiger partial charge in [0.25, 0.3) is 0 Å². The van der Waals surface area contributed by atoms with Crippen LogP contribution in [-0.4, -0.2) is 31.0 Å². The van der Waals surface area contributed by atoms with E-state index in [-0.39, 0.29) is 11.5 Å². The molecule has 2 aromatic heterocycles. The van der Waals surface area contributed by atoms with Gasteiger partial charge in [-0.25, -0.2) is 0 Å². The predicted octanol–water partition coefficient (Wildman–Crippen LogP) is 3.77. The van der Waals surface area contributed by atoms with Gasteiger partial charge in [-0.1, -0.05) is 6.07 Å². The SMILES string of the molecule is CCOc1c(OC)cc([C@H]2C(C#N)=C(N)Oc3n[nH]c(-c4cccs4)c32)cc1OC. The van der Waals surface area contributed by atoms with Crippen molar-refractivity contribution in [2.24, 2.45) is 5.73 Å². The van der Waals surface area contributed by atoms with Gasteiger partial charge >= 0.3 is 0 Å². The number of methoxy groups -OCH3 is 2. The fraction of sp³-hybridized carbons (Fsp3) is 0.238. The first kappa shape index (κ1) is 19.7. The van der Waals surface area contributed by atoms with Gasteiger partial charge < -0.3 is 24.7 Å². The van der Waals surface area contributed by atoms with Crippen molar-refractivity contribution in [3.8, 4) is 39.8 Å². The van der Waals surface area contributed by atoms with E-state index in [1.54, 1.807) is 25.6 Å². The lowest BCUT2D eigenvalue weighted by Gasteiger charge is -2.25. The van der Waals surface area contributed by atoms with Crippen LogP contribution in [0.5, 0.6) is 23.1 Å². The summed E-state index contributed by atoms with van der Waals surface area (Å²) in [5, 5.41) is 19.2. The third-order valence-electron chi connectivity index (χ3n) is 4.81. The highest BCUT2D eigenvalue weighted by atomic mass is 32.1. The number of thiophene rings is 1. The number of nitriles is 1. The van der Waals surface area contributed by atoms with Crippen molar-refractivity contribution in [3.63, 3.8) is 0 Å². The second-order valence-electron chi connectivity index (χ2n) is 6.41. The van der Waals surface area contributed by atoms with Gasteiger partial charge in [0.05, 0.1) is 42.9 Å². The second kappa shape index (κ2) is 8.00. The van der Waals surface area contributed by atoms with Gasteiger partial charge in [0.15, 0.2) is 11.5 Å². The Morgan fingerprint density at radius 1 is 1.30 bits per heavy atom. The molecule has 0 fully saturated rings. The lowest BCUT2D eigenvalue weighted by molar-refractivity contribution is 0.287. The van der Waals surface area contributed by atoms with Gasteiger partial charge in [-0.05, 0) is 36.1 Å². The number of hydrogen-bond donors (Lipinski definition) is 2. The molecule has 4 rings (SSSR count). The zero-order valence-electron chi connectivity index (χ0n) is 16.7. The van der Waals surface area contributed by atoms with Crippen molar-refractivity contribution < 1.29 is 18.9 Å². The van der Waals surface area contributed by atoms with Crippen molar-refractivity contribution in [3.05, 3.63) is 52.2 Å². The largest absolute Gasteiger partial charge is 0.493 e. The number of H-pyrrole nitrogens is 1. The van der Waals surface area contributed by atoms with E-state index < -0.39 is 5.92 Å². The van der Waals surface area contributed by atoms with E-state index in [4.69, 9.17) is 24.7 Å². The number of rotatable bonds is 6. The summed E-state index contributed by atoms with van der Waals surface area (Å²) in [7, 11) is 3.11. The minimum atomic E-state index is -0.520. The highest BCUT2D eigenvalue weighted by molar-refractivity contribution is 7.13. The molecule has 9 heteroatoms. The molecule has 0 saturated carbocycles. The number of nitrogens with zero attached hydrogens (tertiary/aromatic N) is 2. The van der Waals surface area contributed by atoms with E-state index in [2.05, 4.69) is 16.3 Å². The summed E-state index contributed by atoms with van der Waals surface area (Å²) < 4.78 is 22.5. The van der Waals surface area contributed by atoms with Crippen LogP contribution in [-0.2, 0) is 0 Å². The lowest BCUT2D eigenvalue weighted by atomic mass is 9.83. The first-order valence-corrected chi connectivity index (χ1v) is 10.1. The van der Waals surface area contributed by atoms with Crippen LogP contribution in [0.1, 0.15) is 24.0 Å². The van der Waals surface area contributed by atoms with Crippen molar-refractivity contribution in [2.45, 2.75) is 12.8 Å². The van der Waals surface area contributed by atoms with Crippen LogP contribution in [0.2, 0.25) is 0 Å². The molecule has 0 unspecified atom stereocenters. The lowest BCUT2D eigenvalue weighted by Crippen LogP contribution is -2.21. The van der Waals surface area contributed by atoms with Gasteiger partial charge in [0, 0.05) is 0 Å². The van der Waals surface area contributed by atoms with Crippen LogP contribution < -0.4 is 24.7 Å². The maximum Gasteiger partial charge on any atom is 0.244 e. The molecule has 1 aliphatic rings. The molecule has 0 amide bonds. The Kier molecular flexibility index (Phi) is 5.25. The Morgan fingerprint density at radius 2 is 2.03 bits per heavy atom. The Bertz CT molecular complexity index is 1120. The Labute approximate surface area is 177 Å². The third kappa shape index (κ3) is 3.11. The number of hydrogen-bond acceptors (Lipinski definition) is 8. The summed E-state index contributed by atoms with van der Waals surface area (Å²) in [4.78, 5) is 0.972. The van der Waals surface area contributed by atoms with E-state index in [1.165, 1.54) is 0 Å². The summed E-state index contributed by atoms with van der Waals surface area (Å²) in [5.41, 5.74) is 8.62. The monoisotopic (exact) mass is 424 g/mol. The van der Waals surface area contributed by atoms with Crippen LogP contribution in [0, 0.1) is 11.3 Å². The van der Waals surface area contributed by atoms with Crippen LogP contribution in [0.3, 0.4) is 0 Å². The number of nitrogens with two attached hydrogens (primary N) is 1. The topological polar surface area (TPSA) is 115 Å². The molecule has 8 nitrogen and oxygen atoms in total. The first-order valence-electron chi connectivity index (χ1n) is 9.21. The minimum absolute atomic E-state index is 0.0195. The molecule has 0 radical (unpaired) electrons. The Balaban J connectivity index is 1.96. The molecule has 3 heterocycles. The van der Waals surface area contributed by atoms with Crippen LogP contribution in [0.15, 0.2) is 41.1 Å². The summed E-state index contributed by atoms with van der Waals surface area (Å²) in [5.74, 6) is 1.33. The number of benzene rings is 1. The van der Waals surface area contributed by atoms with Gasteiger partial charge in [0.2, 0.25) is 17.5 Å². The molecule has 154 valence electrons. The maximum absolute atomic E-state index is 9.89. The van der Waals surface area contributed by atoms with Gasteiger partial charge in [-0.3, -0.25) is 5.10 Å². The summed E-state index contributed by atoms with van der Waals surface area (Å²) in [6, 6.07) is 9.77. The maximum atomic E-state index is 9.89. The fourth-order valence-electron chi connectivity index (χ4n) is 3.54. The molecule has 3 N–H and O–H groups in total. The number of aromatic nitrogens is 2.